The molecule has 1 aromatic heterocycles. The van der Waals surface area contributed by atoms with Crippen LogP contribution in [0.5, 0.6) is 0 Å². The van der Waals surface area contributed by atoms with Gasteiger partial charge in [0.2, 0.25) is 0 Å². The summed E-state index contributed by atoms with van der Waals surface area (Å²) in [6.07, 6.45) is 16.4. The van der Waals surface area contributed by atoms with E-state index in [1.54, 1.807) is 0 Å². The summed E-state index contributed by atoms with van der Waals surface area (Å²) >= 11 is 0. The average Bonchev–Trinajstić information content (AvgIpc) is 2.83. The number of rotatable bonds is 6. The van der Waals surface area contributed by atoms with Crippen LogP contribution in [0.2, 0.25) is 0 Å². The van der Waals surface area contributed by atoms with Gasteiger partial charge in [0.25, 0.3) is 0 Å². The number of pyridine rings is 1. The molecule has 0 spiro atoms. The van der Waals surface area contributed by atoms with E-state index in [0.717, 1.165) is 46.9 Å². The van der Waals surface area contributed by atoms with Crippen LogP contribution in [0, 0.1) is 12.8 Å². The molecule has 2 heterocycles. The van der Waals surface area contributed by atoms with Crippen LogP contribution in [0.15, 0.2) is 79.3 Å². The zero-order valence-electron chi connectivity index (χ0n) is 17.9. The van der Waals surface area contributed by atoms with E-state index in [0.29, 0.717) is 6.42 Å². The van der Waals surface area contributed by atoms with Gasteiger partial charge in [-0.15, -0.1) is 12.8 Å². The van der Waals surface area contributed by atoms with Gasteiger partial charge in [0.15, 0.2) is 0 Å². The molecular weight excluding hydrogens is 380 g/mol. The van der Waals surface area contributed by atoms with Crippen LogP contribution in [0.3, 0.4) is 0 Å². The normalized spacial score (nSPS) is 13.0. The molecule has 3 aromatic rings. The molecular formula is C27H30N4. The first kappa shape index (κ1) is 22.0. The molecule has 158 valence electrons. The Morgan fingerprint density at radius 3 is 2.45 bits per heavy atom. The Kier molecular flexibility index (Phi) is 7.73. The fraction of sp³-hybridized carbons (Fsp3) is 0.222. The van der Waals surface area contributed by atoms with Crippen molar-refractivity contribution in [3.05, 3.63) is 84.8 Å². The second-order valence-corrected chi connectivity index (χ2v) is 7.66. The quantitative estimate of drug-likeness (QED) is 0.402. The monoisotopic (exact) mass is 410 g/mol. The fourth-order valence-corrected chi connectivity index (χ4v) is 3.85. The summed E-state index contributed by atoms with van der Waals surface area (Å²) in [7, 11) is 0. The number of allylic oxidation sites excluding steroid dienone is 1. The highest BCUT2D eigenvalue weighted by atomic mass is 15.1. The minimum Gasteiger partial charge on any atom is -0.398 e. The number of hydrogen-bond donors (Lipinski definition) is 2. The van der Waals surface area contributed by atoms with Gasteiger partial charge in [-0.2, -0.15) is 0 Å². The summed E-state index contributed by atoms with van der Waals surface area (Å²) < 4.78 is 0. The number of piperidine rings is 1. The third-order valence-electron chi connectivity index (χ3n) is 5.42. The van der Waals surface area contributed by atoms with Crippen molar-refractivity contribution in [3.63, 3.8) is 0 Å². The van der Waals surface area contributed by atoms with E-state index in [4.69, 9.17) is 5.73 Å². The molecule has 0 aliphatic carbocycles. The van der Waals surface area contributed by atoms with Crippen LogP contribution in [0.4, 0.5) is 17.1 Å². The second-order valence-electron chi connectivity index (χ2n) is 7.66. The number of nitrogens with two attached hydrogens (primary N) is 1. The molecule has 2 aromatic carbocycles. The third-order valence-corrected chi connectivity index (χ3v) is 5.42. The van der Waals surface area contributed by atoms with E-state index in [-0.39, 0.29) is 0 Å². The Bertz CT molecular complexity index is 1020. The van der Waals surface area contributed by atoms with Crippen LogP contribution in [0.25, 0.3) is 11.1 Å². The van der Waals surface area contributed by atoms with E-state index >= 15 is 0 Å². The molecule has 1 aliphatic rings. The highest BCUT2D eigenvalue weighted by Crippen LogP contribution is 2.28. The lowest BCUT2D eigenvalue weighted by atomic mass is 10.00. The summed E-state index contributed by atoms with van der Waals surface area (Å²) in [6, 6.07) is 18.5. The number of anilines is 3. The van der Waals surface area contributed by atoms with Crippen molar-refractivity contribution in [3.8, 4) is 24.0 Å². The molecule has 0 saturated carbocycles. The molecule has 4 nitrogen and oxygen atoms in total. The summed E-state index contributed by atoms with van der Waals surface area (Å²) in [5.41, 5.74) is 13.5. The van der Waals surface area contributed by atoms with Crippen LogP contribution < -0.4 is 16.0 Å². The summed E-state index contributed by atoms with van der Waals surface area (Å²) in [5, 5.41) is 3.36. The largest absolute Gasteiger partial charge is 0.398 e. The van der Waals surface area contributed by atoms with E-state index in [2.05, 4.69) is 52.8 Å². The van der Waals surface area contributed by atoms with E-state index in [1.165, 1.54) is 24.9 Å². The fourth-order valence-electron chi connectivity index (χ4n) is 3.85. The van der Waals surface area contributed by atoms with Gasteiger partial charge in [-0.3, -0.25) is 4.98 Å². The van der Waals surface area contributed by atoms with Gasteiger partial charge in [-0.05, 0) is 60.7 Å². The first-order valence-corrected chi connectivity index (χ1v) is 10.6. The van der Waals surface area contributed by atoms with Gasteiger partial charge in [0, 0.05) is 48.3 Å². The molecule has 3 N–H and O–H groups in total. The van der Waals surface area contributed by atoms with Gasteiger partial charge in [0.05, 0.1) is 11.9 Å². The van der Waals surface area contributed by atoms with Gasteiger partial charge < -0.3 is 16.0 Å². The van der Waals surface area contributed by atoms with Crippen LogP contribution in [-0.2, 0) is 6.42 Å². The number of benzene rings is 2. The highest BCUT2D eigenvalue weighted by molar-refractivity contribution is 5.70. The number of nitrogen functional groups attached to an aromatic ring is 1. The maximum Gasteiger partial charge on any atom is 0.0558 e. The van der Waals surface area contributed by atoms with E-state index < -0.39 is 0 Å². The molecule has 0 bridgehead atoms. The van der Waals surface area contributed by atoms with Crippen molar-refractivity contribution in [2.45, 2.75) is 25.7 Å². The number of para-hydroxylation sites is 1. The maximum absolute atomic E-state index is 6.26. The van der Waals surface area contributed by atoms with E-state index in [9.17, 15) is 0 Å². The standard InChI is InChI=1S/C25H28N4.C2H2/c1-19(28-23-8-4-2-5-9-23)14-21-15-20(10-11-25(21)26)22-16-24(18-27-17-22)29-12-6-3-7-13-29;1-2/h2,4-5,8-11,15-18,28H,1,3,6-7,12-14,26H2;1-2H. The second kappa shape index (κ2) is 10.9. The number of nitrogens with zero attached hydrogens (tertiary/aromatic N) is 2. The first-order chi connectivity index (χ1) is 15.2. The van der Waals surface area contributed by atoms with Crippen molar-refractivity contribution in [2.24, 2.45) is 0 Å². The predicted octanol–water partition coefficient (Wildman–Crippen LogP) is 5.74. The minimum atomic E-state index is 0.674. The zero-order chi connectivity index (χ0) is 22.1. The summed E-state index contributed by atoms with van der Waals surface area (Å²) in [6.45, 7) is 6.41. The van der Waals surface area contributed by atoms with Gasteiger partial charge in [-0.1, -0.05) is 30.8 Å². The van der Waals surface area contributed by atoms with Crippen LogP contribution in [0.1, 0.15) is 24.8 Å². The zero-order valence-corrected chi connectivity index (χ0v) is 17.9. The minimum absolute atomic E-state index is 0.674. The van der Waals surface area contributed by atoms with E-state index in [1.807, 2.05) is 48.8 Å². The molecule has 4 heteroatoms. The lowest BCUT2D eigenvalue weighted by Gasteiger charge is -2.28. The van der Waals surface area contributed by atoms with Gasteiger partial charge in [-0.25, -0.2) is 0 Å². The van der Waals surface area contributed by atoms with Gasteiger partial charge >= 0.3 is 0 Å². The summed E-state index contributed by atoms with van der Waals surface area (Å²) in [4.78, 5) is 6.94. The van der Waals surface area contributed by atoms with Crippen molar-refractivity contribution >= 4 is 17.1 Å². The molecule has 0 unspecified atom stereocenters. The Balaban J connectivity index is 0.00000132. The van der Waals surface area contributed by atoms with Crippen LogP contribution >= 0.6 is 0 Å². The third kappa shape index (κ3) is 5.90. The van der Waals surface area contributed by atoms with Crippen molar-refractivity contribution in [1.29, 1.82) is 0 Å². The number of terminal acetylenes is 1. The topological polar surface area (TPSA) is 54.2 Å². The number of nitrogens with one attached hydrogen (secondary N) is 1. The Labute approximate surface area is 185 Å². The lowest BCUT2D eigenvalue weighted by Crippen LogP contribution is -2.29. The number of aromatic nitrogens is 1. The molecule has 4 rings (SSSR count). The lowest BCUT2D eigenvalue weighted by molar-refractivity contribution is 0.577. The Hall–Kier alpha value is -3.71. The smallest absolute Gasteiger partial charge is 0.0558 e. The van der Waals surface area contributed by atoms with Crippen molar-refractivity contribution < 1.29 is 0 Å². The summed E-state index contributed by atoms with van der Waals surface area (Å²) in [5.74, 6) is 0. The SMILES string of the molecule is C#C.C=C(Cc1cc(-c2cncc(N3CCCCC3)c2)ccc1N)Nc1ccccc1. The first-order valence-electron chi connectivity index (χ1n) is 10.6. The molecule has 0 amide bonds. The van der Waals surface area contributed by atoms with Crippen molar-refractivity contribution in [2.75, 3.05) is 29.0 Å². The van der Waals surface area contributed by atoms with Crippen molar-refractivity contribution in [1.82, 2.24) is 4.98 Å². The molecule has 31 heavy (non-hydrogen) atoms. The molecule has 1 aliphatic heterocycles. The van der Waals surface area contributed by atoms with Crippen LogP contribution in [-0.4, -0.2) is 18.1 Å². The Morgan fingerprint density at radius 2 is 1.71 bits per heavy atom. The Morgan fingerprint density at radius 1 is 0.968 bits per heavy atom. The molecule has 1 fully saturated rings. The number of hydrogen-bond acceptors (Lipinski definition) is 4. The predicted molar refractivity (Wildman–Crippen MR) is 133 cm³/mol. The maximum atomic E-state index is 6.26. The molecule has 0 atom stereocenters. The van der Waals surface area contributed by atoms with Gasteiger partial charge in [0.1, 0.15) is 0 Å². The molecule has 1 saturated heterocycles. The molecule has 0 radical (unpaired) electrons. The highest BCUT2D eigenvalue weighted by Gasteiger charge is 2.13. The average molecular weight is 411 g/mol.